The first-order valence-electron chi connectivity index (χ1n) is 9.28. The van der Waals surface area contributed by atoms with Gasteiger partial charge in [-0.2, -0.15) is 0 Å². The molecule has 2 heterocycles. The number of hydrogen-bond donors (Lipinski definition) is 0. The molecule has 0 N–H and O–H groups in total. The number of carbonyl (C=O) groups excluding carboxylic acids is 3. The zero-order valence-corrected chi connectivity index (χ0v) is 15.6. The first kappa shape index (κ1) is 19.2. The summed E-state index contributed by atoms with van der Waals surface area (Å²) >= 11 is 0. The van der Waals surface area contributed by atoms with Crippen LogP contribution in [-0.4, -0.2) is 91.7 Å². The van der Waals surface area contributed by atoms with E-state index >= 15 is 0 Å². The van der Waals surface area contributed by atoms with Crippen molar-refractivity contribution < 1.29 is 23.9 Å². The van der Waals surface area contributed by atoms with E-state index in [4.69, 9.17) is 9.47 Å². The third-order valence-electron chi connectivity index (χ3n) is 4.75. The van der Waals surface area contributed by atoms with Crippen LogP contribution in [0.5, 0.6) is 0 Å². The normalized spacial score (nSPS) is 17.6. The lowest BCUT2D eigenvalue weighted by Crippen LogP contribution is -2.50. The van der Waals surface area contributed by atoms with E-state index in [0.29, 0.717) is 70.2 Å². The molecule has 1 aromatic rings. The van der Waals surface area contributed by atoms with Gasteiger partial charge in [-0.3, -0.25) is 9.59 Å². The van der Waals surface area contributed by atoms with Gasteiger partial charge in [0.05, 0.1) is 19.8 Å². The van der Waals surface area contributed by atoms with Crippen molar-refractivity contribution in [1.82, 2.24) is 14.7 Å². The lowest BCUT2D eigenvalue weighted by molar-refractivity contribution is 0.0303. The van der Waals surface area contributed by atoms with Gasteiger partial charge >= 0.3 is 6.09 Å². The van der Waals surface area contributed by atoms with E-state index in [1.165, 1.54) is 0 Å². The molecule has 3 rings (SSSR count). The maximum absolute atomic E-state index is 12.8. The number of morpholine rings is 1. The van der Waals surface area contributed by atoms with Crippen LogP contribution < -0.4 is 0 Å². The van der Waals surface area contributed by atoms with E-state index in [2.05, 4.69) is 0 Å². The molecule has 0 unspecified atom stereocenters. The fourth-order valence-corrected chi connectivity index (χ4v) is 3.22. The Morgan fingerprint density at radius 3 is 1.96 bits per heavy atom. The van der Waals surface area contributed by atoms with Gasteiger partial charge < -0.3 is 24.2 Å². The molecule has 2 aliphatic heterocycles. The molecule has 8 nitrogen and oxygen atoms in total. The number of nitrogens with zero attached hydrogens (tertiary/aromatic N) is 3. The summed E-state index contributed by atoms with van der Waals surface area (Å²) in [5.74, 6) is -0.213. The maximum atomic E-state index is 12.8. The molecule has 146 valence electrons. The summed E-state index contributed by atoms with van der Waals surface area (Å²) < 4.78 is 10.3. The predicted molar refractivity (Wildman–Crippen MR) is 97.7 cm³/mol. The SMILES string of the molecule is CCOC(=O)N1CCN(C(=O)c2cccc(C(=O)N3CCOCC3)c2)CC1. The minimum absolute atomic E-state index is 0.0833. The van der Waals surface area contributed by atoms with Crippen molar-refractivity contribution in [2.75, 3.05) is 59.1 Å². The molecule has 2 saturated heterocycles. The molecule has 2 fully saturated rings. The smallest absolute Gasteiger partial charge is 0.409 e. The number of carbonyl (C=O) groups is 3. The van der Waals surface area contributed by atoms with Gasteiger partial charge in [0.15, 0.2) is 0 Å². The summed E-state index contributed by atoms with van der Waals surface area (Å²) in [4.78, 5) is 42.2. The summed E-state index contributed by atoms with van der Waals surface area (Å²) in [7, 11) is 0. The van der Waals surface area contributed by atoms with Crippen molar-refractivity contribution in [3.05, 3.63) is 35.4 Å². The molecule has 0 spiro atoms. The third kappa shape index (κ3) is 4.57. The molecule has 27 heavy (non-hydrogen) atoms. The molecule has 0 radical (unpaired) electrons. The van der Waals surface area contributed by atoms with Gasteiger partial charge in [0, 0.05) is 50.4 Å². The first-order valence-corrected chi connectivity index (χ1v) is 9.28. The van der Waals surface area contributed by atoms with Crippen molar-refractivity contribution in [2.24, 2.45) is 0 Å². The van der Waals surface area contributed by atoms with Gasteiger partial charge in [-0.15, -0.1) is 0 Å². The van der Waals surface area contributed by atoms with E-state index in [-0.39, 0.29) is 17.9 Å². The monoisotopic (exact) mass is 375 g/mol. The summed E-state index contributed by atoms with van der Waals surface area (Å²) in [5, 5.41) is 0. The second-order valence-electron chi connectivity index (χ2n) is 6.46. The Kier molecular flexibility index (Phi) is 6.28. The molecule has 0 aliphatic carbocycles. The highest BCUT2D eigenvalue weighted by atomic mass is 16.6. The minimum atomic E-state index is -0.345. The molecule has 0 atom stereocenters. The van der Waals surface area contributed by atoms with E-state index < -0.39 is 0 Å². The zero-order valence-electron chi connectivity index (χ0n) is 15.6. The lowest BCUT2D eigenvalue weighted by Gasteiger charge is -2.34. The van der Waals surface area contributed by atoms with Gasteiger partial charge in [-0.05, 0) is 25.1 Å². The molecule has 0 saturated carbocycles. The molecule has 2 aliphatic rings. The fraction of sp³-hybridized carbons (Fsp3) is 0.526. The second kappa shape index (κ2) is 8.85. The Morgan fingerprint density at radius 1 is 0.889 bits per heavy atom. The molecular weight excluding hydrogens is 350 g/mol. The van der Waals surface area contributed by atoms with Crippen molar-refractivity contribution >= 4 is 17.9 Å². The van der Waals surface area contributed by atoms with Crippen LogP contribution in [0.4, 0.5) is 4.79 Å². The predicted octanol–water partition coefficient (Wildman–Crippen LogP) is 1.07. The van der Waals surface area contributed by atoms with Crippen molar-refractivity contribution in [1.29, 1.82) is 0 Å². The largest absolute Gasteiger partial charge is 0.450 e. The Bertz CT molecular complexity index is 694. The summed E-state index contributed by atoms with van der Waals surface area (Å²) in [6, 6.07) is 6.83. The van der Waals surface area contributed by atoms with Crippen LogP contribution in [-0.2, 0) is 9.47 Å². The van der Waals surface area contributed by atoms with Crippen LogP contribution in [0.15, 0.2) is 24.3 Å². The first-order chi connectivity index (χ1) is 13.1. The number of piperazine rings is 1. The third-order valence-corrected chi connectivity index (χ3v) is 4.75. The van der Waals surface area contributed by atoms with E-state index in [0.717, 1.165) is 0 Å². The minimum Gasteiger partial charge on any atom is -0.450 e. The van der Waals surface area contributed by atoms with Gasteiger partial charge in [-0.1, -0.05) is 6.07 Å². The number of benzene rings is 1. The van der Waals surface area contributed by atoms with Crippen LogP contribution in [0, 0.1) is 0 Å². The number of hydrogen-bond acceptors (Lipinski definition) is 5. The van der Waals surface area contributed by atoms with Gasteiger partial charge in [0.2, 0.25) is 0 Å². The van der Waals surface area contributed by atoms with Gasteiger partial charge in [-0.25, -0.2) is 4.79 Å². The van der Waals surface area contributed by atoms with Crippen molar-refractivity contribution in [2.45, 2.75) is 6.92 Å². The van der Waals surface area contributed by atoms with E-state index in [1.807, 2.05) is 0 Å². The van der Waals surface area contributed by atoms with Crippen LogP contribution in [0.3, 0.4) is 0 Å². The lowest BCUT2D eigenvalue weighted by atomic mass is 10.1. The average molecular weight is 375 g/mol. The van der Waals surface area contributed by atoms with Crippen LogP contribution >= 0.6 is 0 Å². The summed E-state index contributed by atoms with van der Waals surface area (Å²) in [6.07, 6.45) is -0.345. The highest BCUT2D eigenvalue weighted by Gasteiger charge is 2.26. The molecule has 8 heteroatoms. The zero-order chi connectivity index (χ0) is 19.2. The van der Waals surface area contributed by atoms with E-state index in [9.17, 15) is 14.4 Å². The van der Waals surface area contributed by atoms with Crippen molar-refractivity contribution in [3.63, 3.8) is 0 Å². The quantitative estimate of drug-likeness (QED) is 0.790. The Hall–Kier alpha value is -2.61. The van der Waals surface area contributed by atoms with Crippen LogP contribution in [0.2, 0.25) is 0 Å². The second-order valence-corrected chi connectivity index (χ2v) is 6.46. The van der Waals surface area contributed by atoms with Crippen LogP contribution in [0.25, 0.3) is 0 Å². The molecule has 3 amide bonds. The van der Waals surface area contributed by atoms with Gasteiger partial charge in [0.25, 0.3) is 11.8 Å². The topological polar surface area (TPSA) is 79.4 Å². The van der Waals surface area contributed by atoms with Crippen molar-refractivity contribution in [3.8, 4) is 0 Å². The summed E-state index contributed by atoms with van der Waals surface area (Å²) in [6.45, 7) is 6.07. The fourth-order valence-electron chi connectivity index (χ4n) is 3.22. The summed E-state index contributed by atoms with van der Waals surface area (Å²) in [5.41, 5.74) is 0.992. The van der Waals surface area contributed by atoms with Gasteiger partial charge in [0.1, 0.15) is 0 Å². The van der Waals surface area contributed by atoms with Crippen LogP contribution in [0.1, 0.15) is 27.6 Å². The molecule has 0 aromatic heterocycles. The molecule has 1 aromatic carbocycles. The Morgan fingerprint density at radius 2 is 1.41 bits per heavy atom. The number of amides is 3. The van der Waals surface area contributed by atoms with E-state index in [1.54, 1.807) is 45.9 Å². The Balaban J connectivity index is 1.62. The Labute approximate surface area is 158 Å². The average Bonchev–Trinajstić information content (AvgIpc) is 2.73. The highest BCUT2D eigenvalue weighted by molar-refractivity contribution is 5.99. The number of rotatable bonds is 3. The maximum Gasteiger partial charge on any atom is 0.409 e. The molecule has 0 bridgehead atoms. The molecular formula is C19H25N3O5. The standard InChI is InChI=1S/C19H25N3O5/c1-2-27-19(25)22-8-6-20(7-9-22)17(23)15-4-3-5-16(14-15)18(24)21-10-12-26-13-11-21/h3-5,14H,2,6-13H2,1H3. The highest BCUT2D eigenvalue weighted by Crippen LogP contribution is 2.14. The number of ether oxygens (including phenoxy) is 2.